The zero-order chi connectivity index (χ0) is 20.8. The van der Waals surface area contributed by atoms with E-state index in [0.29, 0.717) is 49.9 Å². The molecule has 2 amide bonds. The van der Waals surface area contributed by atoms with Crippen LogP contribution in [0.15, 0.2) is 30.3 Å². The van der Waals surface area contributed by atoms with Crippen LogP contribution in [0.4, 0.5) is 16.4 Å². The lowest BCUT2D eigenvalue weighted by atomic mass is 10.1. The molecule has 1 aromatic carbocycles. The van der Waals surface area contributed by atoms with Crippen LogP contribution in [0.3, 0.4) is 0 Å². The molecule has 0 saturated carbocycles. The van der Waals surface area contributed by atoms with Gasteiger partial charge in [0.15, 0.2) is 0 Å². The second kappa shape index (κ2) is 9.36. The Bertz CT molecular complexity index is 878. The molecule has 8 heteroatoms. The van der Waals surface area contributed by atoms with Gasteiger partial charge in [-0.3, -0.25) is 4.79 Å². The number of amides is 2. The number of aromatic nitrogens is 2. The highest BCUT2D eigenvalue weighted by atomic mass is 16.6. The van der Waals surface area contributed by atoms with E-state index in [0.717, 1.165) is 11.3 Å². The number of nitrogens with zero attached hydrogens (tertiary/aromatic N) is 3. The van der Waals surface area contributed by atoms with Gasteiger partial charge in [-0.05, 0) is 57.4 Å². The van der Waals surface area contributed by atoms with Crippen LogP contribution in [0, 0.1) is 13.8 Å². The summed E-state index contributed by atoms with van der Waals surface area (Å²) in [7, 11) is 0. The largest absolute Gasteiger partial charge is 0.450 e. The molecule has 0 radical (unpaired) electrons. The number of rotatable bonds is 5. The molecule has 2 heterocycles. The predicted octanol–water partition coefficient (Wildman–Crippen LogP) is 3.19. The maximum Gasteiger partial charge on any atom is 0.409 e. The summed E-state index contributed by atoms with van der Waals surface area (Å²) in [4.78, 5) is 34.9. The van der Waals surface area contributed by atoms with Crippen molar-refractivity contribution in [3.05, 3.63) is 47.3 Å². The van der Waals surface area contributed by atoms with Gasteiger partial charge in [-0.25, -0.2) is 14.8 Å². The number of carbonyl (C=O) groups is 2. The second-order valence-electron chi connectivity index (χ2n) is 7.15. The van der Waals surface area contributed by atoms with E-state index in [1.807, 2.05) is 38.1 Å². The fourth-order valence-electron chi connectivity index (χ4n) is 3.27. The van der Waals surface area contributed by atoms with E-state index in [1.165, 1.54) is 0 Å². The zero-order valence-corrected chi connectivity index (χ0v) is 17.1. The predicted molar refractivity (Wildman–Crippen MR) is 110 cm³/mol. The molecule has 2 aromatic rings. The van der Waals surface area contributed by atoms with E-state index >= 15 is 0 Å². The summed E-state index contributed by atoms with van der Waals surface area (Å²) in [6.07, 6.45) is 1.07. The Hall–Kier alpha value is -3.16. The lowest BCUT2D eigenvalue weighted by Gasteiger charge is -2.31. The summed E-state index contributed by atoms with van der Waals surface area (Å²) in [5, 5.41) is 6.17. The summed E-state index contributed by atoms with van der Waals surface area (Å²) in [5.74, 6) is 0.148. The summed E-state index contributed by atoms with van der Waals surface area (Å²) in [5.41, 5.74) is 3.01. The van der Waals surface area contributed by atoms with Crippen molar-refractivity contribution in [1.82, 2.24) is 20.2 Å². The highest BCUT2D eigenvalue weighted by Crippen LogP contribution is 2.16. The highest BCUT2D eigenvalue weighted by Gasteiger charge is 2.25. The van der Waals surface area contributed by atoms with Crippen LogP contribution in [-0.4, -0.2) is 52.6 Å². The molecule has 1 aliphatic heterocycles. The molecule has 0 aliphatic carbocycles. The Morgan fingerprint density at radius 2 is 1.93 bits per heavy atom. The Morgan fingerprint density at radius 1 is 1.17 bits per heavy atom. The van der Waals surface area contributed by atoms with Crippen LogP contribution < -0.4 is 10.6 Å². The third-order valence-corrected chi connectivity index (χ3v) is 4.72. The summed E-state index contributed by atoms with van der Waals surface area (Å²) >= 11 is 0. The first-order valence-electron chi connectivity index (χ1n) is 9.86. The van der Waals surface area contributed by atoms with Gasteiger partial charge in [0.1, 0.15) is 5.69 Å². The number of ether oxygens (including phenoxy) is 1. The summed E-state index contributed by atoms with van der Waals surface area (Å²) in [6, 6.07) is 9.54. The highest BCUT2D eigenvalue weighted by molar-refractivity contribution is 5.93. The topological polar surface area (TPSA) is 96.5 Å². The maximum absolute atomic E-state index is 12.7. The fourth-order valence-corrected chi connectivity index (χ4v) is 3.27. The third kappa shape index (κ3) is 5.66. The third-order valence-electron chi connectivity index (χ3n) is 4.72. The molecule has 1 aliphatic rings. The van der Waals surface area contributed by atoms with Crippen molar-refractivity contribution < 1.29 is 14.3 Å². The van der Waals surface area contributed by atoms with Gasteiger partial charge in [-0.15, -0.1) is 0 Å². The van der Waals surface area contributed by atoms with Crippen LogP contribution in [0.1, 0.15) is 41.5 Å². The van der Waals surface area contributed by atoms with Crippen LogP contribution >= 0.6 is 0 Å². The molecule has 0 unspecified atom stereocenters. The van der Waals surface area contributed by atoms with Crippen LogP contribution in [-0.2, 0) is 4.74 Å². The van der Waals surface area contributed by atoms with E-state index < -0.39 is 0 Å². The SMILES string of the molecule is CCOC(=O)N1CCC(NC(=O)c2cc(C)nc(Nc3cccc(C)c3)n2)CC1. The minimum Gasteiger partial charge on any atom is -0.450 e. The lowest BCUT2D eigenvalue weighted by molar-refractivity contribution is 0.0856. The van der Waals surface area contributed by atoms with Gasteiger partial charge in [-0.1, -0.05) is 12.1 Å². The smallest absolute Gasteiger partial charge is 0.409 e. The van der Waals surface area contributed by atoms with Crippen LogP contribution in [0.5, 0.6) is 0 Å². The molecule has 1 saturated heterocycles. The number of benzene rings is 1. The van der Waals surface area contributed by atoms with Crippen molar-refractivity contribution in [2.75, 3.05) is 25.0 Å². The minimum atomic E-state index is -0.296. The number of likely N-dealkylation sites (tertiary alicyclic amines) is 1. The van der Waals surface area contributed by atoms with Crippen molar-refractivity contribution >= 4 is 23.6 Å². The quantitative estimate of drug-likeness (QED) is 0.804. The van der Waals surface area contributed by atoms with Crippen molar-refractivity contribution in [3.63, 3.8) is 0 Å². The second-order valence-corrected chi connectivity index (χ2v) is 7.15. The lowest BCUT2D eigenvalue weighted by Crippen LogP contribution is -2.46. The molecule has 3 rings (SSSR count). The van der Waals surface area contributed by atoms with E-state index in [9.17, 15) is 9.59 Å². The number of nitrogens with one attached hydrogen (secondary N) is 2. The number of hydrogen-bond acceptors (Lipinski definition) is 6. The molecular formula is C21H27N5O3. The molecule has 29 heavy (non-hydrogen) atoms. The molecule has 0 atom stereocenters. The van der Waals surface area contributed by atoms with E-state index in [4.69, 9.17) is 4.74 Å². The molecule has 1 aromatic heterocycles. The average molecular weight is 397 g/mol. The van der Waals surface area contributed by atoms with Gasteiger partial charge in [0.25, 0.3) is 5.91 Å². The molecule has 2 N–H and O–H groups in total. The Labute approximate surface area is 170 Å². The molecule has 8 nitrogen and oxygen atoms in total. The monoisotopic (exact) mass is 397 g/mol. The van der Waals surface area contributed by atoms with Crippen molar-refractivity contribution in [3.8, 4) is 0 Å². The number of piperidine rings is 1. The summed E-state index contributed by atoms with van der Waals surface area (Å²) in [6.45, 7) is 7.11. The Morgan fingerprint density at radius 3 is 2.62 bits per heavy atom. The molecular weight excluding hydrogens is 370 g/mol. The first-order chi connectivity index (χ1) is 13.9. The number of anilines is 2. The number of aryl methyl sites for hydroxylation is 2. The molecule has 0 bridgehead atoms. The molecule has 1 fully saturated rings. The number of carbonyl (C=O) groups excluding carboxylic acids is 2. The first kappa shape index (κ1) is 20.6. The molecule has 154 valence electrons. The van der Waals surface area contributed by atoms with Crippen molar-refractivity contribution in [2.45, 2.75) is 39.7 Å². The van der Waals surface area contributed by atoms with Gasteiger partial charge in [-0.2, -0.15) is 0 Å². The molecule has 0 spiro atoms. The van der Waals surface area contributed by atoms with Crippen LogP contribution in [0.25, 0.3) is 0 Å². The average Bonchev–Trinajstić information content (AvgIpc) is 2.68. The van der Waals surface area contributed by atoms with Crippen molar-refractivity contribution in [1.29, 1.82) is 0 Å². The first-order valence-corrected chi connectivity index (χ1v) is 9.86. The van der Waals surface area contributed by atoms with Gasteiger partial charge in [0, 0.05) is 30.5 Å². The maximum atomic E-state index is 12.7. The van der Waals surface area contributed by atoms with Gasteiger partial charge < -0.3 is 20.3 Å². The minimum absolute atomic E-state index is 0.00312. The Kier molecular flexibility index (Phi) is 6.64. The van der Waals surface area contributed by atoms with E-state index in [2.05, 4.69) is 20.6 Å². The van der Waals surface area contributed by atoms with E-state index in [1.54, 1.807) is 17.9 Å². The summed E-state index contributed by atoms with van der Waals surface area (Å²) < 4.78 is 5.03. The van der Waals surface area contributed by atoms with Gasteiger partial charge >= 0.3 is 6.09 Å². The normalized spacial score (nSPS) is 14.4. The fraction of sp³-hybridized carbons (Fsp3) is 0.429. The standard InChI is InChI=1S/C21H27N5O3/c1-4-29-21(28)26-10-8-16(9-11-26)23-19(27)18-13-15(3)22-20(25-18)24-17-7-5-6-14(2)12-17/h5-7,12-13,16H,4,8-11H2,1-3H3,(H,23,27)(H,22,24,25). The Balaban J connectivity index is 1.61. The zero-order valence-electron chi connectivity index (χ0n) is 17.1. The van der Waals surface area contributed by atoms with Gasteiger partial charge in [0.2, 0.25) is 5.95 Å². The van der Waals surface area contributed by atoms with Crippen LogP contribution in [0.2, 0.25) is 0 Å². The van der Waals surface area contributed by atoms with E-state index in [-0.39, 0.29) is 18.0 Å². The van der Waals surface area contributed by atoms with Gasteiger partial charge in [0.05, 0.1) is 6.61 Å². The van der Waals surface area contributed by atoms with Crippen molar-refractivity contribution in [2.24, 2.45) is 0 Å². The number of hydrogen-bond donors (Lipinski definition) is 2.